The van der Waals surface area contributed by atoms with Gasteiger partial charge in [-0.15, -0.1) is 10.2 Å². The molecule has 7 heteroatoms. The first-order valence-corrected chi connectivity index (χ1v) is 5.23. The van der Waals surface area contributed by atoms with Crippen molar-refractivity contribution in [2.75, 3.05) is 5.73 Å². The minimum atomic E-state index is -0.460. The van der Waals surface area contributed by atoms with Gasteiger partial charge in [0.05, 0.1) is 0 Å². The Hall–Kier alpha value is -1.99. The quantitative estimate of drug-likeness (QED) is 0.302. The number of nitrogens with zero attached hydrogens (tertiary/aromatic N) is 2. The number of rotatable bonds is 2. The van der Waals surface area contributed by atoms with Crippen LogP contribution in [0.4, 0.5) is 5.69 Å². The van der Waals surface area contributed by atoms with E-state index in [4.69, 9.17) is 11.6 Å². The molecule has 16 heavy (non-hydrogen) atoms. The van der Waals surface area contributed by atoms with Crippen molar-refractivity contribution in [1.29, 1.82) is 0 Å². The lowest BCUT2D eigenvalue weighted by Gasteiger charge is -1.98. The molecule has 0 saturated heterocycles. The average Bonchev–Trinajstić information content (AvgIpc) is 2.78. The van der Waals surface area contributed by atoms with E-state index in [0.29, 0.717) is 10.7 Å². The molecule has 0 aliphatic carbocycles. The van der Waals surface area contributed by atoms with Gasteiger partial charge < -0.3 is 5.73 Å². The van der Waals surface area contributed by atoms with Crippen LogP contribution in [0.15, 0.2) is 24.3 Å². The summed E-state index contributed by atoms with van der Waals surface area (Å²) in [6.07, 6.45) is 0. The van der Waals surface area contributed by atoms with Gasteiger partial charge in [-0.2, -0.15) is 0 Å². The maximum atomic E-state index is 11.2. The number of nitrogens with one attached hydrogen (secondary N) is 1. The SMILES string of the molecule is NNC(=O)c1nnc(-c2ccccc2N)s1. The summed E-state index contributed by atoms with van der Waals surface area (Å²) in [7, 11) is 0. The van der Waals surface area contributed by atoms with Gasteiger partial charge in [-0.3, -0.25) is 10.2 Å². The highest BCUT2D eigenvalue weighted by atomic mass is 32.1. The molecular weight excluding hydrogens is 226 g/mol. The Balaban J connectivity index is 2.39. The lowest BCUT2D eigenvalue weighted by molar-refractivity contribution is 0.0952. The first kappa shape index (κ1) is 10.5. The lowest BCUT2D eigenvalue weighted by Crippen LogP contribution is -2.29. The van der Waals surface area contributed by atoms with E-state index in [1.165, 1.54) is 0 Å². The van der Waals surface area contributed by atoms with Gasteiger partial charge in [0.25, 0.3) is 5.91 Å². The smallest absolute Gasteiger partial charge is 0.296 e. The molecule has 0 atom stereocenters. The predicted molar refractivity (Wildman–Crippen MR) is 61.4 cm³/mol. The summed E-state index contributed by atoms with van der Waals surface area (Å²) in [6.45, 7) is 0. The standard InChI is InChI=1S/C9H9N5OS/c10-6-4-2-1-3-5(6)8-13-14-9(16-8)7(15)12-11/h1-4H,10-11H2,(H,12,15). The Labute approximate surface area is 95.3 Å². The van der Waals surface area contributed by atoms with Gasteiger partial charge in [-0.05, 0) is 12.1 Å². The van der Waals surface area contributed by atoms with Crippen LogP contribution in [0.5, 0.6) is 0 Å². The number of carbonyl (C=O) groups is 1. The van der Waals surface area contributed by atoms with Crippen LogP contribution in [0.25, 0.3) is 10.6 Å². The predicted octanol–water partition coefficient (Wildman–Crippen LogP) is 0.391. The van der Waals surface area contributed by atoms with Crippen LogP contribution in [-0.4, -0.2) is 16.1 Å². The Morgan fingerprint density at radius 2 is 2.06 bits per heavy atom. The molecule has 0 aliphatic rings. The van der Waals surface area contributed by atoms with Crippen molar-refractivity contribution in [2.45, 2.75) is 0 Å². The summed E-state index contributed by atoms with van der Waals surface area (Å²) in [5.74, 6) is 4.54. The third-order valence-corrected chi connectivity index (χ3v) is 2.90. The molecule has 0 aliphatic heterocycles. The molecule has 0 radical (unpaired) electrons. The zero-order valence-electron chi connectivity index (χ0n) is 8.18. The number of nitrogens with two attached hydrogens (primary N) is 2. The summed E-state index contributed by atoms with van der Waals surface area (Å²) in [5.41, 5.74) is 9.14. The number of hydrogen-bond donors (Lipinski definition) is 3. The Kier molecular flexibility index (Phi) is 2.80. The normalized spacial score (nSPS) is 10.1. The van der Waals surface area contributed by atoms with Gasteiger partial charge in [0.1, 0.15) is 5.01 Å². The molecule has 1 aromatic heterocycles. The summed E-state index contributed by atoms with van der Waals surface area (Å²) in [5, 5.41) is 8.42. The fourth-order valence-corrected chi connectivity index (χ4v) is 1.97. The molecule has 1 aromatic carbocycles. The number of nitrogen functional groups attached to an aromatic ring is 2. The minimum Gasteiger partial charge on any atom is -0.398 e. The van der Waals surface area contributed by atoms with Gasteiger partial charge in [0.2, 0.25) is 5.01 Å². The van der Waals surface area contributed by atoms with E-state index in [1.54, 1.807) is 6.07 Å². The second-order valence-electron chi connectivity index (χ2n) is 2.97. The van der Waals surface area contributed by atoms with E-state index in [0.717, 1.165) is 16.9 Å². The first-order chi connectivity index (χ1) is 7.72. The van der Waals surface area contributed by atoms with Crippen LogP contribution in [0.2, 0.25) is 0 Å². The Morgan fingerprint density at radius 3 is 2.75 bits per heavy atom. The number of anilines is 1. The first-order valence-electron chi connectivity index (χ1n) is 4.41. The minimum absolute atomic E-state index is 0.209. The van der Waals surface area contributed by atoms with Gasteiger partial charge >= 0.3 is 0 Å². The highest BCUT2D eigenvalue weighted by molar-refractivity contribution is 7.16. The van der Waals surface area contributed by atoms with Gasteiger partial charge in [0.15, 0.2) is 0 Å². The molecule has 1 heterocycles. The average molecular weight is 235 g/mol. The van der Waals surface area contributed by atoms with Crippen molar-refractivity contribution < 1.29 is 4.79 Å². The van der Waals surface area contributed by atoms with E-state index in [-0.39, 0.29) is 5.01 Å². The second kappa shape index (κ2) is 4.25. The van der Waals surface area contributed by atoms with Crippen LogP contribution in [0.3, 0.4) is 0 Å². The van der Waals surface area contributed by atoms with Crippen molar-refractivity contribution >= 4 is 22.9 Å². The zero-order chi connectivity index (χ0) is 11.5. The maximum absolute atomic E-state index is 11.2. The Bertz CT molecular complexity index is 524. The van der Waals surface area contributed by atoms with Crippen LogP contribution in [0, 0.1) is 0 Å². The summed E-state index contributed by atoms with van der Waals surface area (Å²) in [6, 6.07) is 7.25. The number of amides is 1. The molecule has 2 rings (SSSR count). The number of hydrogen-bond acceptors (Lipinski definition) is 6. The van der Waals surface area contributed by atoms with E-state index in [9.17, 15) is 4.79 Å². The monoisotopic (exact) mass is 235 g/mol. The van der Waals surface area contributed by atoms with E-state index >= 15 is 0 Å². The summed E-state index contributed by atoms with van der Waals surface area (Å²) < 4.78 is 0. The number of aromatic nitrogens is 2. The van der Waals surface area contributed by atoms with Crippen molar-refractivity contribution in [2.24, 2.45) is 5.84 Å². The summed E-state index contributed by atoms with van der Waals surface area (Å²) in [4.78, 5) is 11.2. The molecule has 0 unspecified atom stereocenters. The highest BCUT2D eigenvalue weighted by Gasteiger charge is 2.13. The van der Waals surface area contributed by atoms with Crippen LogP contribution in [0.1, 0.15) is 9.80 Å². The van der Waals surface area contributed by atoms with Crippen LogP contribution < -0.4 is 17.0 Å². The summed E-state index contributed by atoms with van der Waals surface area (Å²) >= 11 is 1.14. The molecule has 5 N–H and O–H groups in total. The fraction of sp³-hybridized carbons (Fsp3) is 0. The molecular formula is C9H9N5OS. The van der Waals surface area contributed by atoms with Gasteiger partial charge in [0, 0.05) is 11.3 Å². The number of hydrazine groups is 1. The fourth-order valence-electron chi connectivity index (χ4n) is 1.18. The molecule has 2 aromatic rings. The second-order valence-corrected chi connectivity index (χ2v) is 3.95. The Morgan fingerprint density at radius 1 is 1.31 bits per heavy atom. The largest absolute Gasteiger partial charge is 0.398 e. The number of carbonyl (C=O) groups excluding carboxylic acids is 1. The van der Waals surface area contributed by atoms with Crippen molar-refractivity contribution in [3.8, 4) is 10.6 Å². The molecule has 6 nitrogen and oxygen atoms in total. The van der Waals surface area contributed by atoms with Crippen molar-refractivity contribution in [3.63, 3.8) is 0 Å². The van der Waals surface area contributed by atoms with Crippen LogP contribution >= 0.6 is 11.3 Å². The molecule has 0 bridgehead atoms. The molecule has 0 fully saturated rings. The lowest BCUT2D eigenvalue weighted by atomic mass is 10.2. The third-order valence-electron chi connectivity index (χ3n) is 1.94. The van der Waals surface area contributed by atoms with Crippen molar-refractivity contribution in [1.82, 2.24) is 15.6 Å². The van der Waals surface area contributed by atoms with Gasteiger partial charge in [-0.25, -0.2) is 5.84 Å². The van der Waals surface area contributed by atoms with E-state index in [2.05, 4.69) is 10.2 Å². The third kappa shape index (κ3) is 1.86. The molecule has 0 saturated carbocycles. The number of benzene rings is 1. The van der Waals surface area contributed by atoms with Crippen LogP contribution in [-0.2, 0) is 0 Å². The molecule has 82 valence electrons. The molecule has 1 amide bonds. The topological polar surface area (TPSA) is 107 Å². The maximum Gasteiger partial charge on any atom is 0.296 e. The zero-order valence-corrected chi connectivity index (χ0v) is 8.99. The highest BCUT2D eigenvalue weighted by Crippen LogP contribution is 2.27. The van der Waals surface area contributed by atoms with Crippen molar-refractivity contribution in [3.05, 3.63) is 29.3 Å². The molecule has 0 spiro atoms. The van der Waals surface area contributed by atoms with Gasteiger partial charge in [-0.1, -0.05) is 23.5 Å². The van der Waals surface area contributed by atoms with E-state index < -0.39 is 5.91 Å². The van der Waals surface area contributed by atoms with E-state index in [1.807, 2.05) is 23.6 Å². The number of para-hydroxylation sites is 1.